The van der Waals surface area contributed by atoms with Crippen LogP contribution in [0.5, 0.6) is 11.5 Å². The minimum absolute atomic E-state index is 0.0541. The highest BCUT2D eigenvalue weighted by atomic mass is 16.5. The molecule has 2 fully saturated rings. The van der Waals surface area contributed by atoms with Gasteiger partial charge in [-0.25, -0.2) is 0 Å². The normalized spacial score (nSPS) is 27.1. The van der Waals surface area contributed by atoms with Gasteiger partial charge in [-0.2, -0.15) is 0 Å². The summed E-state index contributed by atoms with van der Waals surface area (Å²) in [4.78, 5) is 2.52. The topological polar surface area (TPSA) is 32.7 Å². The smallest absolute Gasteiger partial charge is 0.127 e. The zero-order valence-electron chi connectivity index (χ0n) is 13.3. The van der Waals surface area contributed by atoms with Crippen molar-refractivity contribution in [1.29, 1.82) is 0 Å². The molecule has 1 aliphatic carbocycles. The zero-order chi connectivity index (χ0) is 15.6. The van der Waals surface area contributed by atoms with Crippen molar-refractivity contribution in [3.8, 4) is 11.5 Å². The number of rotatable bonds is 4. The van der Waals surface area contributed by atoms with Crippen molar-refractivity contribution in [2.45, 2.75) is 25.5 Å². The van der Waals surface area contributed by atoms with Gasteiger partial charge in [0.25, 0.3) is 0 Å². The number of aliphatic hydroxyl groups excluding tert-OH is 1. The standard InChI is InChI=1S/C20H23NO2/c22-18-10-16-13-21(14-17(16)11-18)12-15-6-8-20(9-7-15)23-19-4-2-1-3-5-19/h1-9,16-18,22H,10-14H2/t16-,17+,18?. The van der Waals surface area contributed by atoms with E-state index in [2.05, 4.69) is 17.0 Å². The fraction of sp³-hybridized carbons (Fsp3) is 0.400. The van der Waals surface area contributed by atoms with E-state index in [1.807, 2.05) is 42.5 Å². The van der Waals surface area contributed by atoms with Gasteiger partial charge in [0.05, 0.1) is 6.10 Å². The maximum absolute atomic E-state index is 9.73. The van der Waals surface area contributed by atoms with Crippen LogP contribution in [0, 0.1) is 11.8 Å². The second-order valence-electron chi connectivity index (χ2n) is 6.90. The first-order valence-corrected chi connectivity index (χ1v) is 8.48. The lowest BCUT2D eigenvalue weighted by Crippen LogP contribution is -2.22. The number of para-hydroxylation sites is 1. The Morgan fingerprint density at radius 3 is 2.13 bits per heavy atom. The molecule has 3 heteroatoms. The van der Waals surface area contributed by atoms with E-state index in [1.54, 1.807) is 0 Å². The van der Waals surface area contributed by atoms with Gasteiger partial charge < -0.3 is 9.84 Å². The lowest BCUT2D eigenvalue weighted by molar-refractivity contribution is 0.161. The lowest BCUT2D eigenvalue weighted by Gasteiger charge is -2.17. The monoisotopic (exact) mass is 309 g/mol. The Balaban J connectivity index is 1.34. The maximum atomic E-state index is 9.73. The van der Waals surface area contributed by atoms with Crippen molar-refractivity contribution in [3.63, 3.8) is 0 Å². The Morgan fingerprint density at radius 2 is 1.48 bits per heavy atom. The molecule has 0 radical (unpaired) electrons. The van der Waals surface area contributed by atoms with E-state index >= 15 is 0 Å². The van der Waals surface area contributed by atoms with E-state index in [-0.39, 0.29) is 6.10 Å². The Labute approximate surface area is 137 Å². The van der Waals surface area contributed by atoms with E-state index in [0.29, 0.717) is 11.8 Å². The number of ether oxygens (including phenoxy) is 1. The van der Waals surface area contributed by atoms with Crippen molar-refractivity contribution < 1.29 is 9.84 Å². The second-order valence-corrected chi connectivity index (χ2v) is 6.90. The van der Waals surface area contributed by atoms with Crippen molar-refractivity contribution >= 4 is 0 Å². The number of fused-ring (bicyclic) bond motifs is 1. The number of benzene rings is 2. The third kappa shape index (κ3) is 3.41. The van der Waals surface area contributed by atoms with Crippen LogP contribution in [0.15, 0.2) is 54.6 Å². The number of hydrogen-bond donors (Lipinski definition) is 1. The second kappa shape index (κ2) is 6.34. The molecule has 120 valence electrons. The Hall–Kier alpha value is -1.84. The summed E-state index contributed by atoms with van der Waals surface area (Å²) in [5.41, 5.74) is 1.32. The highest BCUT2D eigenvalue weighted by Gasteiger charge is 2.39. The summed E-state index contributed by atoms with van der Waals surface area (Å²) in [6, 6.07) is 18.3. The molecule has 2 aliphatic rings. The number of hydrogen-bond acceptors (Lipinski definition) is 3. The van der Waals surface area contributed by atoms with Crippen LogP contribution >= 0.6 is 0 Å². The lowest BCUT2D eigenvalue weighted by atomic mass is 10.0. The molecule has 1 aliphatic heterocycles. The molecule has 0 amide bonds. The van der Waals surface area contributed by atoms with E-state index < -0.39 is 0 Å². The Kier molecular flexibility index (Phi) is 4.06. The molecule has 3 atom stereocenters. The van der Waals surface area contributed by atoms with Gasteiger partial charge in [0, 0.05) is 19.6 Å². The third-order valence-electron chi connectivity index (χ3n) is 5.11. The minimum Gasteiger partial charge on any atom is -0.457 e. The first-order chi connectivity index (χ1) is 11.3. The summed E-state index contributed by atoms with van der Waals surface area (Å²) < 4.78 is 5.83. The average Bonchev–Trinajstić information content (AvgIpc) is 3.07. The van der Waals surface area contributed by atoms with Crippen LogP contribution in [0.3, 0.4) is 0 Å². The minimum atomic E-state index is -0.0541. The van der Waals surface area contributed by atoms with Crippen molar-refractivity contribution in [3.05, 3.63) is 60.2 Å². The molecule has 3 nitrogen and oxygen atoms in total. The van der Waals surface area contributed by atoms with Crippen LogP contribution in [-0.4, -0.2) is 29.2 Å². The molecule has 1 unspecified atom stereocenters. The van der Waals surface area contributed by atoms with Crippen LogP contribution in [0.25, 0.3) is 0 Å². The van der Waals surface area contributed by atoms with E-state index in [1.165, 1.54) is 5.56 Å². The van der Waals surface area contributed by atoms with Crippen molar-refractivity contribution in [2.75, 3.05) is 13.1 Å². The molecule has 0 spiro atoms. The van der Waals surface area contributed by atoms with Gasteiger partial charge in [-0.1, -0.05) is 30.3 Å². The first kappa shape index (κ1) is 14.7. The van der Waals surface area contributed by atoms with E-state index in [4.69, 9.17) is 4.74 Å². The van der Waals surface area contributed by atoms with Gasteiger partial charge in [-0.3, -0.25) is 4.90 Å². The molecule has 4 rings (SSSR count). The van der Waals surface area contributed by atoms with Crippen LogP contribution < -0.4 is 4.74 Å². The quantitative estimate of drug-likeness (QED) is 0.935. The fourth-order valence-corrected chi connectivity index (χ4v) is 4.04. The number of likely N-dealkylation sites (tertiary alicyclic amines) is 1. The summed E-state index contributed by atoms with van der Waals surface area (Å²) in [5, 5.41) is 9.73. The van der Waals surface area contributed by atoms with Crippen molar-refractivity contribution in [2.24, 2.45) is 11.8 Å². The molecule has 1 N–H and O–H groups in total. The molecule has 1 heterocycles. The Bertz CT molecular complexity index is 626. The molecular formula is C20H23NO2. The molecule has 23 heavy (non-hydrogen) atoms. The van der Waals surface area contributed by atoms with Gasteiger partial charge in [0.2, 0.25) is 0 Å². The van der Waals surface area contributed by atoms with Gasteiger partial charge in [-0.05, 0) is 54.5 Å². The third-order valence-corrected chi connectivity index (χ3v) is 5.11. The van der Waals surface area contributed by atoms with Gasteiger partial charge in [0.15, 0.2) is 0 Å². The SMILES string of the molecule is OC1C[C@@H]2CN(Cc3ccc(Oc4ccccc4)cc3)C[C@@H]2C1. The van der Waals surface area contributed by atoms with Gasteiger partial charge in [0.1, 0.15) is 11.5 Å². The molecule has 2 aromatic carbocycles. The van der Waals surface area contributed by atoms with E-state index in [9.17, 15) is 5.11 Å². The fourth-order valence-electron chi connectivity index (χ4n) is 4.04. The molecular weight excluding hydrogens is 286 g/mol. The van der Waals surface area contributed by atoms with Crippen LogP contribution in [0.1, 0.15) is 18.4 Å². The highest BCUT2D eigenvalue weighted by Crippen LogP contribution is 2.38. The highest BCUT2D eigenvalue weighted by molar-refractivity contribution is 5.33. The number of aliphatic hydroxyl groups is 1. The average molecular weight is 309 g/mol. The molecule has 0 bridgehead atoms. The predicted octanol–water partition coefficient (Wildman–Crippen LogP) is 3.68. The van der Waals surface area contributed by atoms with Crippen LogP contribution in [-0.2, 0) is 6.54 Å². The first-order valence-electron chi connectivity index (χ1n) is 8.48. The summed E-state index contributed by atoms with van der Waals surface area (Å²) >= 11 is 0. The summed E-state index contributed by atoms with van der Waals surface area (Å²) in [6.45, 7) is 3.25. The number of nitrogens with zero attached hydrogens (tertiary/aromatic N) is 1. The zero-order valence-corrected chi connectivity index (χ0v) is 13.3. The van der Waals surface area contributed by atoms with Crippen LogP contribution in [0.4, 0.5) is 0 Å². The van der Waals surface area contributed by atoms with Gasteiger partial charge in [-0.15, -0.1) is 0 Å². The molecule has 2 aromatic rings. The largest absolute Gasteiger partial charge is 0.457 e. The van der Waals surface area contributed by atoms with Crippen LogP contribution in [0.2, 0.25) is 0 Å². The molecule has 1 saturated heterocycles. The molecule has 1 saturated carbocycles. The summed E-state index contributed by atoms with van der Waals surface area (Å²) in [5.74, 6) is 3.14. The Morgan fingerprint density at radius 1 is 0.870 bits per heavy atom. The van der Waals surface area contributed by atoms with E-state index in [0.717, 1.165) is 44.0 Å². The predicted molar refractivity (Wildman–Crippen MR) is 90.5 cm³/mol. The molecule has 0 aromatic heterocycles. The summed E-state index contributed by atoms with van der Waals surface area (Å²) in [7, 11) is 0. The van der Waals surface area contributed by atoms with Crippen molar-refractivity contribution in [1.82, 2.24) is 4.90 Å². The van der Waals surface area contributed by atoms with Gasteiger partial charge >= 0.3 is 0 Å². The summed E-state index contributed by atoms with van der Waals surface area (Å²) in [6.07, 6.45) is 1.93. The maximum Gasteiger partial charge on any atom is 0.127 e.